The van der Waals surface area contributed by atoms with E-state index < -0.39 is 0 Å². The van der Waals surface area contributed by atoms with Crippen LogP contribution in [-0.4, -0.2) is 9.97 Å². The lowest BCUT2D eigenvalue weighted by molar-refractivity contribution is 1.05. The summed E-state index contributed by atoms with van der Waals surface area (Å²) in [5, 5.41) is 4.14. The zero-order valence-electron chi connectivity index (χ0n) is 8.24. The molecule has 1 aromatic heterocycles. The lowest BCUT2D eigenvalue weighted by Gasteiger charge is -2.06. The Labute approximate surface area is 103 Å². The monoisotopic (exact) mass is 252 g/mol. The van der Waals surface area contributed by atoms with Gasteiger partial charge in [0.15, 0.2) is 0 Å². The van der Waals surface area contributed by atoms with Gasteiger partial charge in [0, 0.05) is 25.0 Å². The Morgan fingerprint density at radius 2 is 1.94 bits per heavy atom. The SMILES string of the molecule is Clc1cccc(CNc2nc[c]cn2)c1Cl. The summed E-state index contributed by atoms with van der Waals surface area (Å²) in [6.07, 6.45) is 3.10. The van der Waals surface area contributed by atoms with Gasteiger partial charge in [-0.05, 0) is 11.6 Å². The van der Waals surface area contributed by atoms with Crippen LogP contribution in [0.3, 0.4) is 0 Å². The molecule has 0 bridgehead atoms. The van der Waals surface area contributed by atoms with Crippen molar-refractivity contribution >= 4 is 29.2 Å². The first-order valence-corrected chi connectivity index (χ1v) is 5.38. The minimum atomic E-state index is 0.531. The summed E-state index contributed by atoms with van der Waals surface area (Å²) in [7, 11) is 0. The van der Waals surface area contributed by atoms with Crippen molar-refractivity contribution in [2.24, 2.45) is 0 Å². The third-order valence-corrected chi connectivity index (χ3v) is 2.85. The van der Waals surface area contributed by atoms with Crippen LogP contribution in [0.5, 0.6) is 0 Å². The Morgan fingerprint density at radius 1 is 1.19 bits per heavy atom. The van der Waals surface area contributed by atoms with Gasteiger partial charge in [0.1, 0.15) is 0 Å². The zero-order chi connectivity index (χ0) is 11.4. The summed E-state index contributed by atoms with van der Waals surface area (Å²) in [6.45, 7) is 0.531. The lowest BCUT2D eigenvalue weighted by atomic mass is 10.2. The summed E-state index contributed by atoms with van der Waals surface area (Å²) in [6, 6.07) is 8.24. The Balaban J connectivity index is 2.08. The highest BCUT2D eigenvalue weighted by Crippen LogP contribution is 2.25. The van der Waals surface area contributed by atoms with E-state index in [2.05, 4.69) is 21.4 Å². The van der Waals surface area contributed by atoms with Gasteiger partial charge < -0.3 is 5.32 Å². The van der Waals surface area contributed by atoms with Gasteiger partial charge in [0.25, 0.3) is 0 Å². The molecule has 0 fully saturated rings. The number of anilines is 1. The van der Waals surface area contributed by atoms with Crippen molar-refractivity contribution in [1.29, 1.82) is 0 Å². The van der Waals surface area contributed by atoms with Crippen LogP contribution in [0, 0.1) is 6.07 Å². The number of hydrogen-bond acceptors (Lipinski definition) is 3. The number of benzene rings is 1. The molecule has 2 rings (SSSR count). The molecule has 3 nitrogen and oxygen atoms in total. The van der Waals surface area contributed by atoms with Gasteiger partial charge in [-0.15, -0.1) is 0 Å². The molecule has 0 unspecified atom stereocenters. The summed E-state index contributed by atoms with van der Waals surface area (Å²) < 4.78 is 0. The fraction of sp³-hybridized carbons (Fsp3) is 0.0909. The highest BCUT2D eigenvalue weighted by Gasteiger charge is 2.04. The average Bonchev–Trinajstić information content (AvgIpc) is 2.32. The van der Waals surface area contributed by atoms with E-state index in [9.17, 15) is 0 Å². The summed E-state index contributed by atoms with van der Waals surface area (Å²) >= 11 is 11.9. The van der Waals surface area contributed by atoms with Crippen LogP contribution < -0.4 is 5.32 Å². The maximum absolute atomic E-state index is 6.04. The Bertz CT molecular complexity index is 474. The molecule has 1 N–H and O–H groups in total. The molecule has 1 heterocycles. The Kier molecular flexibility index (Phi) is 3.59. The molecule has 0 amide bonds. The van der Waals surface area contributed by atoms with Gasteiger partial charge in [-0.2, -0.15) is 0 Å². The molecule has 0 saturated heterocycles. The normalized spacial score (nSPS) is 10.1. The predicted molar refractivity (Wildman–Crippen MR) is 64.7 cm³/mol. The molecule has 81 valence electrons. The molecule has 1 radical (unpaired) electrons. The molecule has 0 aliphatic rings. The van der Waals surface area contributed by atoms with Crippen LogP contribution in [-0.2, 0) is 6.54 Å². The van der Waals surface area contributed by atoms with Crippen molar-refractivity contribution < 1.29 is 0 Å². The molecule has 0 aliphatic heterocycles. The minimum absolute atomic E-state index is 0.531. The van der Waals surface area contributed by atoms with Crippen molar-refractivity contribution in [3.05, 3.63) is 52.3 Å². The summed E-state index contributed by atoms with van der Waals surface area (Å²) in [5.41, 5.74) is 0.908. The summed E-state index contributed by atoms with van der Waals surface area (Å²) in [5.74, 6) is 0.537. The molecule has 1 aromatic carbocycles. The third-order valence-electron chi connectivity index (χ3n) is 1.99. The van der Waals surface area contributed by atoms with Crippen molar-refractivity contribution in [3.8, 4) is 0 Å². The number of nitrogens with one attached hydrogen (secondary N) is 1. The van der Waals surface area contributed by atoms with Crippen LogP contribution in [0.25, 0.3) is 0 Å². The van der Waals surface area contributed by atoms with E-state index in [1.165, 1.54) is 0 Å². The Hall–Kier alpha value is -1.32. The first kappa shape index (κ1) is 11.2. The van der Waals surface area contributed by atoms with Crippen molar-refractivity contribution in [2.75, 3.05) is 5.32 Å². The highest BCUT2D eigenvalue weighted by molar-refractivity contribution is 6.42. The highest BCUT2D eigenvalue weighted by atomic mass is 35.5. The lowest BCUT2D eigenvalue weighted by Crippen LogP contribution is -2.03. The second kappa shape index (κ2) is 5.14. The molecule has 0 spiro atoms. The number of hydrogen-bond donors (Lipinski definition) is 1. The molecule has 16 heavy (non-hydrogen) atoms. The smallest absolute Gasteiger partial charge is 0.222 e. The van der Waals surface area contributed by atoms with E-state index >= 15 is 0 Å². The first-order chi connectivity index (χ1) is 7.77. The number of rotatable bonds is 3. The molecule has 0 aliphatic carbocycles. The molecular formula is C11H8Cl2N3. The summed E-state index contributed by atoms with van der Waals surface area (Å²) in [4.78, 5) is 7.98. The maximum Gasteiger partial charge on any atom is 0.222 e. The average molecular weight is 253 g/mol. The van der Waals surface area contributed by atoms with Crippen molar-refractivity contribution in [3.63, 3.8) is 0 Å². The van der Waals surface area contributed by atoms with E-state index in [0.717, 1.165) is 5.56 Å². The van der Waals surface area contributed by atoms with Crippen LogP contribution in [0.15, 0.2) is 30.6 Å². The molecule has 5 heteroatoms. The fourth-order valence-electron chi connectivity index (χ4n) is 1.21. The van der Waals surface area contributed by atoms with E-state index in [1.54, 1.807) is 18.5 Å². The van der Waals surface area contributed by atoms with Gasteiger partial charge >= 0.3 is 0 Å². The standard InChI is InChI=1S/C11H8Cl2N3/c12-9-4-1-3-8(10(9)13)7-16-11-14-5-2-6-15-11/h1,3-6H,7H2,(H,14,15,16). The number of halogens is 2. The van der Waals surface area contributed by atoms with Gasteiger partial charge in [-0.25, -0.2) is 9.97 Å². The molecule has 2 aromatic rings. The quantitative estimate of drug-likeness (QED) is 0.912. The van der Waals surface area contributed by atoms with E-state index in [0.29, 0.717) is 22.5 Å². The van der Waals surface area contributed by atoms with E-state index in [-0.39, 0.29) is 0 Å². The number of aromatic nitrogens is 2. The van der Waals surface area contributed by atoms with Crippen molar-refractivity contribution in [1.82, 2.24) is 9.97 Å². The fourth-order valence-corrected chi connectivity index (χ4v) is 1.60. The predicted octanol–water partition coefficient (Wildman–Crippen LogP) is 3.20. The van der Waals surface area contributed by atoms with Gasteiger partial charge in [0.2, 0.25) is 5.95 Å². The van der Waals surface area contributed by atoms with Crippen LogP contribution in [0.1, 0.15) is 5.56 Å². The maximum atomic E-state index is 6.04. The van der Waals surface area contributed by atoms with Crippen LogP contribution in [0.2, 0.25) is 10.0 Å². The van der Waals surface area contributed by atoms with E-state index in [1.807, 2.05) is 12.1 Å². The van der Waals surface area contributed by atoms with Gasteiger partial charge in [-0.3, -0.25) is 0 Å². The second-order valence-corrected chi connectivity index (χ2v) is 3.86. The zero-order valence-corrected chi connectivity index (χ0v) is 9.76. The third kappa shape index (κ3) is 2.62. The molecular weight excluding hydrogens is 245 g/mol. The van der Waals surface area contributed by atoms with Gasteiger partial charge in [-0.1, -0.05) is 35.3 Å². The molecule has 0 atom stereocenters. The Morgan fingerprint density at radius 3 is 2.69 bits per heavy atom. The first-order valence-electron chi connectivity index (χ1n) is 4.62. The van der Waals surface area contributed by atoms with E-state index in [4.69, 9.17) is 23.2 Å². The number of nitrogens with zero attached hydrogens (tertiary/aromatic N) is 2. The topological polar surface area (TPSA) is 37.8 Å². The molecule has 0 saturated carbocycles. The van der Waals surface area contributed by atoms with Crippen LogP contribution in [0.4, 0.5) is 5.95 Å². The van der Waals surface area contributed by atoms with Gasteiger partial charge in [0.05, 0.1) is 10.0 Å². The minimum Gasteiger partial charge on any atom is -0.350 e. The second-order valence-electron chi connectivity index (χ2n) is 3.07. The van der Waals surface area contributed by atoms with Crippen molar-refractivity contribution in [2.45, 2.75) is 6.54 Å². The van der Waals surface area contributed by atoms with Crippen LogP contribution >= 0.6 is 23.2 Å². The largest absolute Gasteiger partial charge is 0.350 e.